The van der Waals surface area contributed by atoms with Gasteiger partial charge in [0.2, 0.25) is 5.91 Å². The Morgan fingerprint density at radius 1 is 1.33 bits per heavy atom. The minimum absolute atomic E-state index is 0.143. The molecule has 1 amide bonds. The Morgan fingerprint density at radius 3 is 2.44 bits per heavy atom. The van der Waals surface area contributed by atoms with Crippen molar-refractivity contribution in [2.75, 3.05) is 25.0 Å². The number of carbonyl (C=O) groups excluding carboxylic acids is 1. The third-order valence-electron chi connectivity index (χ3n) is 3.47. The second-order valence-corrected chi connectivity index (χ2v) is 4.53. The number of nitrogens with zero attached hydrogens (tertiary/aromatic N) is 2. The van der Waals surface area contributed by atoms with E-state index in [1.807, 2.05) is 24.3 Å². The summed E-state index contributed by atoms with van der Waals surface area (Å²) < 4.78 is 0. The van der Waals surface area contributed by atoms with Crippen molar-refractivity contribution in [2.24, 2.45) is 5.92 Å². The Morgan fingerprint density at radius 2 is 1.94 bits per heavy atom. The number of piperidine rings is 1. The molecule has 1 saturated heterocycles. The molecule has 0 radical (unpaired) electrons. The van der Waals surface area contributed by atoms with Gasteiger partial charge in [0, 0.05) is 31.7 Å². The van der Waals surface area contributed by atoms with Crippen LogP contribution in [0.4, 0.5) is 5.69 Å². The van der Waals surface area contributed by atoms with Gasteiger partial charge < -0.3 is 10.2 Å². The first kappa shape index (κ1) is 12.4. The zero-order valence-corrected chi connectivity index (χ0v) is 10.5. The van der Waals surface area contributed by atoms with Crippen LogP contribution < -0.4 is 10.2 Å². The molecule has 4 nitrogen and oxygen atoms in total. The first-order valence-electron chi connectivity index (χ1n) is 6.21. The molecule has 0 aromatic heterocycles. The molecule has 1 heterocycles. The fraction of sp³-hybridized carbons (Fsp3) is 0.429. The summed E-state index contributed by atoms with van der Waals surface area (Å²) in [4.78, 5) is 13.8. The van der Waals surface area contributed by atoms with E-state index < -0.39 is 0 Å². The van der Waals surface area contributed by atoms with Gasteiger partial charge in [0.25, 0.3) is 0 Å². The molecule has 18 heavy (non-hydrogen) atoms. The molecule has 1 N–H and O–H groups in total. The predicted octanol–water partition coefficient (Wildman–Crippen LogP) is 1.52. The maximum absolute atomic E-state index is 11.5. The minimum Gasteiger partial charge on any atom is -0.371 e. The highest BCUT2D eigenvalue weighted by Crippen LogP contribution is 2.23. The smallest absolute Gasteiger partial charge is 0.222 e. The summed E-state index contributed by atoms with van der Waals surface area (Å²) in [6.07, 6.45) is 1.78. The summed E-state index contributed by atoms with van der Waals surface area (Å²) in [5.41, 5.74) is 1.81. The molecule has 0 atom stereocenters. The van der Waals surface area contributed by atoms with Gasteiger partial charge in [0.1, 0.15) is 0 Å². The Labute approximate surface area is 107 Å². The third-order valence-corrected chi connectivity index (χ3v) is 3.47. The first-order chi connectivity index (χ1) is 8.74. The zero-order chi connectivity index (χ0) is 13.0. The number of benzene rings is 1. The number of amides is 1. The summed E-state index contributed by atoms with van der Waals surface area (Å²) in [7, 11) is 1.69. The van der Waals surface area contributed by atoms with E-state index >= 15 is 0 Å². The van der Waals surface area contributed by atoms with Crippen LogP contribution in [0.5, 0.6) is 0 Å². The highest BCUT2D eigenvalue weighted by Gasteiger charge is 2.24. The van der Waals surface area contributed by atoms with E-state index in [1.54, 1.807) is 7.05 Å². The predicted molar refractivity (Wildman–Crippen MR) is 70.2 cm³/mol. The van der Waals surface area contributed by atoms with Crippen LogP contribution in [0.15, 0.2) is 24.3 Å². The molecule has 94 valence electrons. The van der Waals surface area contributed by atoms with E-state index in [9.17, 15) is 4.79 Å². The minimum atomic E-state index is 0.143. The molecule has 0 saturated carbocycles. The number of carbonyl (C=O) groups is 1. The summed E-state index contributed by atoms with van der Waals surface area (Å²) in [6.45, 7) is 1.79. The average molecular weight is 243 g/mol. The lowest BCUT2D eigenvalue weighted by atomic mass is 9.95. The molecular weight excluding hydrogens is 226 g/mol. The Hall–Kier alpha value is -2.02. The molecule has 0 unspecified atom stereocenters. The second kappa shape index (κ2) is 5.54. The van der Waals surface area contributed by atoms with Crippen molar-refractivity contribution >= 4 is 11.6 Å². The van der Waals surface area contributed by atoms with Crippen LogP contribution in [0.1, 0.15) is 18.4 Å². The van der Waals surface area contributed by atoms with Gasteiger partial charge >= 0.3 is 0 Å². The van der Waals surface area contributed by atoms with Crippen molar-refractivity contribution < 1.29 is 4.79 Å². The lowest BCUT2D eigenvalue weighted by Crippen LogP contribution is -2.39. The van der Waals surface area contributed by atoms with Crippen molar-refractivity contribution in [1.29, 1.82) is 5.26 Å². The molecule has 0 spiro atoms. The van der Waals surface area contributed by atoms with E-state index in [2.05, 4.69) is 16.3 Å². The summed E-state index contributed by atoms with van der Waals surface area (Å²) in [5, 5.41) is 11.5. The monoisotopic (exact) mass is 243 g/mol. The lowest BCUT2D eigenvalue weighted by molar-refractivity contribution is -0.125. The molecule has 1 aliphatic heterocycles. The van der Waals surface area contributed by atoms with Crippen molar-refractivity contribution in [3.8, 4) is 6.07 Å². The molecule has 1 aliphatic rings. The van der Waals surface area contributed by atoms with Gasteiger partial charge in [-0.25, -0.2) is 0 Å². The fourth-order valence-electron chi connectivity index (χ4n) is 2.35. The lowest BCUT2D eigenvalue weighted by Gasteiger charge is -2.32. The standard InChI is InChI=1S/C14H17N3O/c1-16-14(18)12-6-8-17(9-7-12)13-4-2-11(10-15)3-5-13/h2-5,12H,6-9H2,1H3,(H,16,18). The summed E-state index contributed by atoms with van der Waals surface area (Å²) in [5.74, 6) is 0.291. The molecule has 0 aliphatic carbocycles. The van der Waals surface area contributed by atoms with Gasteiger partial charge in [0.15, 0.2) is 0 Å². The number of nitriles is 1. The van der Waals surface area contributed by atoms with Crippen LogP contribution in [-0.4, -0.2) is 26.0 Å². The van der Waals surface area contributed by atoms with Gasteiger partial charge in [-0.2, -0.15) is 5.26 Å². The van der Waals surface area contributed by atoms with Crippen LogP contribution in [0.3, 0.4) is 0 Å². The summed E-state index contributed by atoms with van der Waals surface area (Å²) >= 11 is 0. The molecule has 1 aromatic carbocycles. The van der Waals surface area contributed by atoms with Crippen LogP contribution in [0.2, 0.25) is 0 Å². The van der Waals surface area contributed by atoms with E-state index in [0.29, 0.717) is 5.56 Å². The quantitative estimate of drug-likeness (QED) is 0.856. The number of hydrogen-bond donors (Lipinski definition) is 1. The Balaban J connectivity index is 1.97. The van der Waals surface area contributed by atoms with Crippen LogP contribution in [0, 0.1) is 17.2 Å². The normalized spacial score (nSPS) is 16.1. The van der Waals surface area contributed by atoms with Crippen molar-refractivity contribution in [1.82, 2.24) is 5.32 Å². The molecule has 1 aromatic rings. The van der Waals surface area contributed by atoms with E-state index in [4.69, 9.17) is 5.26 Å². The molecular formula is C14H17N3O. The number of rotatable bonds is 2. The van der Waals surface area contributed by atoms with Crippen molar-refractivity contribution in [3.63, 3.8) is 0 Å². The van der Waals surface area contributed by atoms with E-state index in [1.165, 1.54) is 0 Å². The first-order valence-corrected chi connectivity index (χ1v) is 6.21. The number of hydrogen-bond acceptors (Lipinski definition) is 3. The third kappa shape index (κ3) is 2.62. The van der Waals surface area contributed by atoms with Gasteiger partial charge in [0.05, 0.1) is 11.6 Å². The van der Waals surface area contributed by atoms with Crippen molar-refractivity contribution in [3.05, 3.63) is 29.8 Å². The van der Waals surface area contributed by atoms with Crippen molar-refractivity contribution in [2.45, 2.75) is 12.8 Å². The number of anilines is 1. The van der Waals surface area contributed by atoms with Crippen LogP contribution in [-0.2, 0) is 4.79 Å². The van der Waals surface area contributed by atoms with Gasteiger partial charge in [-0.1, -0.05) is 0 Å². The maximum atomic E-state index is 11.5. The highest BCUT2D eigenvalue weighted by molar-refractivity contribution is 5.78. The number of nitrogens with one attached hydrogen (secondary N) is 1. The maximum Gasteiger partial charge on any atom is 0.222 e. The SMILES string of the molecule is CNC(=O)C1CCN(c2ccc(C#N)cc2)CC1. The topological polar surface area (TPSA) is 56.1 Å². The average Bonchev–Trinajstić information content (AvgIpc) is 2.47. The highest BCUT2D eigenvalue weighted by atomic mass is 16.1. The molecule has 4 heteroatoms. The molecule has 1 fully saturated rings. The van der Waals surface area contributed by atoms with Gasteiger partial charge in [-0.05, 0) is 37.1 Å². The second-order valence-electron chi connectivity index (χ2n) is 4.53. The largest absolute Gasteiger partial charge is 0.371 e. The van der Waals surface area contributed by atoms with Gasteiger partial charge in [-0.3, -0.25) is 4.79 Å². The molecule has 0 bridgehead atoms. The molecule has 2 rings (SSSR count). The van der Waals surface area contributed by atoms with E-state index in [-0.39, 0.29) is 11.8 Å². The van der Waals surface area contributed by atoms with Crippen LogP contribution >= 0.6 is 0 Å². The fourth-order valence-corrected chi connectivity index (χ4v) is 2.35. The van der Waals surface area contributed by atoms with Gasteiger partial charge in [-0.15, -0.1) is 0 Å². The van der Waals surface area contributed by atoms with Crippen LogP contribution in [0.25, 0.3) is 0 Å². The zero-order valence-electron chi connectivity index (χ0n) is 10.5. The Kier molecular flexibility index (Phi) is 3.83. The summed E-state index contributed by atoms with van der Waals surface area (Å²) in [6, 6.07) is 9.72. The Bertz CT molecular complexity index is 453. The van der Waals surface area contributed by atoms with E-state index in [0.717, 1.165) is 31.6 Å².